The summed E-state index contributed by atoms with van der Waals surface area (Å²) in [7, 11) is 0. The van der Waals surface area contributed by atoms with Crippen molar-refractivity contribution in [3.8, 4) is 0 Å². The average Bonchev–Trinajstić information content (AvgIpc) is 2.30. The first kappa shape index (κ1) is 13.9. The van der Waals surface area contributed by atoms with Crippen molar-refractivity contribution in [1.29, 1.82) is 0 Å². The van der Waals surface area contributed by atoms with Crippen LogP contribution in [-0.2, 0) is 9.53 Å². The summed E-state index contributed by atoms with van der Waals surface area (Å²) in [4.78, 5) is 11.1. The lowest BCUT2D eigenvalue weighted by Crippen LogP contribution is -2.17. The summed E-state index contributed by atoms with van der Waals surface area (Å²) in [6, 6.07) is 0. The summed E-state index contributed by atoms with van der Waals surface area (Å²) in [5.41, 5.74) is -1.26. The fraction of sp³-hybridized carbons (Fsp3) is 0.643. The molecule has 0 N–H and O–H groups in total. The number of esters is 1. The van der Waals surface area contributed by atoms with Gasteiger partial charge in [0, 0.05) is 6.42 Å². The summed E-state index contributed by atoms with van der Waals surface area (Å²) in [5.74, 6) is -0.153. The number of rotatable bonds is 7. The highest BCUT2D eigenvalue weighted by Gasteiger charge is 2.22. The first-order chi connectivity index (χ1) is 8.16. The van der Waals surface area contributed by atoms with E-state index in [1.165, 1.54) is 0 Å². The predicted molar refractivity (Wildman–Crippen MR) is 66.5 cm³/mol. The van der Waals surface area contributed by atoms with Gasteiger partial charge in [0.25, 0.3) is 0 Å². The van der Waals surface area contributed by atoms with Gasteiger partial charge in [0.05, 0.1) is 6.61 Å². The van der Waals surface area contributed by atoms with Crippen LogP contribution in [0.4, 0.5) is 4.39 Å². The normalized spacial score (nSPS) is 17.1. The van der Waals surface area contributed by atoms with E-state index in [0.29, 0.717) is 19.4 Å². The van der Waals surface area contributed by atoms with E-state index >= 15 is 0 Å². The molecular weight excluding hydrogens is 219 g/mol. The van der Waals surface area contributed by atoms with Gasteiger partial charge in [-0.05, 0) is 44.8 Å². The molecule has 0 atom stereocenters. The standard InChI is InChI=1S/C14H21FO2/c1-2-17-13(16)9-5-3-6-10-14(15)11-7-4-8-12-14/h7-8,11-12H,2-6,9-10H2,1H3. The Labute approximate surface area is 103 Å². The molecule has 2 nitrogen and oxygen atoms in total. The van der Waals surface area contributed by atoms with Crippen LogP contribution in [0.5, 0.6) is 0 Å². The third-order valence-corrected chi connectivity index (χ3v) is 2.81. The van der Waals surface area contributed by atoms with Gasteiger partial charge in [-0.2, -0.15) is 0 Å². The van der Waals surface area contributed by atoms with E-state index < -0.39 is 5.67 Å². The van der Waals surface area contributed by atoms with E-state index in [1.807, 2.05) is 12.2 Å². The maximum atomic E-state index is 14.0. The largest absolute Gasteiger partial charge is 0.466 e. The van der Waals surface area contributed by atoms with Crippen molar-refractivity contribution in [3.63, 3.8) is 0 Å². The molecule has 0 aliphatic heterocycles. The monoisotopic (exact) mass is 240 g/mol. The molecule has 0 aromatic carbocycles. The minimum Gasteiger partial charge on any atom is -0.466 e. The first-order valence-corrected chi connectivity index (χ1v) is 6.36. The summed E-state index contributed by atoms with van der Waals surface area (Å²) in [5, 5.41) is 0. The van der Waals surface area contributed by atoms with E-state index in [2.05, 4.69) is 0 Å². The topological polar surface area (TPSA) is 26.3 Å². The second-order valence-electron chi connectivity index (χ2n) is 4.33. The van der Waals surface area contributed by atoms with Crippen LogP contribution in [0.15, 0.2) is 24.3 Å². The number of halogens is 1. The zero-order valence-corrected chi connectivity index (χ0v) is 10.5. The number of unbranched alkanes of at least 4 members (excludes halogenated alkanes) is 2. The molecule has 96 valence electrons. The van der Waals surface area contributed by atoms with Crippen molar-refractivity contribution in [2.45, 2.75) is 51.1 Å². The van der Waals surface area contributed by atoms with E-state index in [9.17, 15) is 9.18 Å². The van der Waals surface area contributed by atoms with Crippen LogP contribution in [0.1, 0.15) is 45.4 Å². The summed E-state index contributed by atoms with van der Waals surface area (Å²) in [6.45, 7) is 2.23. The summed E-state index contributed by atoms with van der Waals surface area (Å²) < 4.78 is 18.8. The van der Waals surface area contributed by atoms with E-state index in [4.69, 9.17) is 4.74 Å². The van der Waals surface area contributed by atoms with Crippen LogP contribution < -0.4 is 0 Å². The highest BCUT2D eigenvalue weighted by molar-refractivity contribution is 5.69. The molecule has 0 saturated heterocycles. The van der Waals surface area contributed by atoms with Gasteiger partial charge in [0.1, 0.15) is 5.67 Å². The molecule has 0 unspecified atom stereocenters. The Morgan fingerprint density at radius 2 is 2.00 bits per heavy atom. The Morgan fingerprint density at radius 3 is 2.65 bits per heavy atom. The average molecular weight is 240 g/mol. The molecule has 0 bridgehead atoms. The van der Waals surface area contributed by atoms with Gasteiger partial charge in [-0.1, -0.05) is 18.6 Å². The highest BCUT2D eigenvalue weighted by Crippen LogP contribution is 2.26. The number of ether oxygens (including phenoxy) is 1. The second kappa shape index (κ2) is 7.25. The quantitative estimate of drug-likeness (QED) is 0.385. The lowest BCUT2D eigenvalue weighted by molar-refractivity contribution is -0.143. The van der Waals surface area contributed by atoms with E-state index in [1.54, 1.807) is 19.1 Å². The molecule has 0 spiro atoms. The van der Waals surface area contributed by atoms with Crippen LogP contribution >= 0.6 is 0 Å². The molecule has 0 heterocycles. The molecule has 1 aliphatic carbocycles. The molecule has 0 radical (unpaired) electrons. The predicted octanol–water partition coefficient (Wildman–Crippen LogP) is 3.72. The Bertz CT molecular complexity index is 283. The van der Waals surface area contributed by atoms with Crippen LogP contribution in [-0.4, -0.2) is 18.2 Å². The van der Waals surface area contributed by atoms with Gasteiger partial charge < -0.3 is 4.74 Å². The first-order valence-electron chi connectivity index (χ1n) is 6.36. The fourth-order valence-electron chi connectivity index (χ4n) is 1.90. The molecule has 3 heteroatoms. The number of alkyl halides is 1. The molecule has 17 heavy (non-hydrogen) atoms. The molecule has 1 rings (SSSR count). The van der Waals surface area contributed by atoms with Crippen molar-refractivity contribution in [2.24, 2.45) is 0 Å². The van der Waals surface area contributed by atoms with Crippen molar-refractivity contribution in [3.05, 3.63) is 24.3 Å². The van der Waals surface area contributed by atoms with Gasteiger partial charge in [-0.3, -0.25) is 4.79 Å². The maximum Gasteiger partial charge on any atom is 0.305 e. The van der Waals surface area contributed by atoms with Gasteiger partial charge in [0.2, 0.25) is 0 Å². The minimum absolute atomic E-state index is 0.153. The fourth-order valence-corrected chi connectivity index (χ4v) is 1.90. The second-order valence-corrected chi connectivity index (χ2v) is 4.33. The summed E-state index contributed by atoms with van der Waals surface area (Å²) >= 11 is 0. The van der Waals surface area contributed by atoms with Crippen LogP contribution in [0.3, 0.4) is 0 Å². The van der Waals surface area contributed by atoms with Crippen molar-refractivity contribution >= 4 is 5.97 Å². The van der Waals surface area contributed by atoms with E-state index in [-0.39, 0.29) is 5.97 Å². The Morgan fingerprint density at radius 1 is 1.29 bits per heavy atom. The van der Waals surface area contributed by atoms with Crippen molar-refractivity contribution < 1.29 is 13.9 Å². The van der Waals surface area contributed by atoms with Gasteiger partial charge in [-0.15, -0.1) is 0 Å². The molecule has 0 amide bonds. The minimum atomic E-state index is -1.26. The molecular formula is C14H21FO2. The lowest BCUT2D eigenvalue weighted by Gasteiger charge is -2.19. The Balaban J connectivity index is 2.08. The smallest absolute Gasteiger partial charge is 0.305 e. The number of carbonyl (C=O) groups is 1. The number of hydrogen-bond donors (Lipinski definition) is 0. The third kappa shape index (κ3) is 5.66. The zero-order valence-electron chi connectivity index (χ0n) is 10.5. The maximum absolute atomic E-state index is 14.0. The lowest BCUT2D eigenvalue weighted by atomic mass is 9.93. The van der Waals surface area contributed by atoms with E-state index in [0.717, 1.165) is 25.7 Å². The van der Waals surface area contributed by atoms with Crippen molar-refractivity contribution in [1.82, 2.24) is 0 Å². The van der Waals surface area contributed by atoms with Crippen LogP contribution in [0.2, 0.25) is 0 Å². The molecule has 0 aromatic heterocycles. The highest BCUT2D eigenvalue weighted by atomic mass is 19.1. The molecule has 1 aliphatic rings. The summed E-state index contributed by atoms with van der Waals surface area (Å²) in [6.07, 6.45) is 11.2. The molecule has 0 aromatic rings. The number of hydrogen-bond acceptors (Lipinski definition) is 2. The Hall–Kier alpha value is -1.12. The van der Waals surface area contributed by atoms with Crippen LogP contribution in [0.25, 0.3) is 0 Å². The molecule has 0 saturated carbocycles. The van der Waals surface area contributed by atoms with Gasteiger partial charge in [0.15, 0.2) is 0 Å². The van der Waals surface area contributed by atoms with Gasteiger partial charge >= 0.3 is 5.97 Å². The number of allylic oxidation sites excluding steroid dienone is 4. The SMILES string of the molecule is CCOC(=O)CCCCCC1(F)C=CCC=C1. The van der Waals surface area contributed by atoms with Crippen molar-refractivity contribution in [2.75, 3.05) is 6.61 Å². The van der Waals surface area contributed by atoms with Gasteiger partial charge in [-0.25, -0.2) is 4.39 Å². The third-order valence-electron chi connectivity index (χ3n) is 2.81. The molecule has 0 fully saturated rings. The zero-order chi connectivity index (χ0) is 12.6. The Kier molecular flexibility index (Phi) is 5.95. The number of carbonyl (C=O) groups excluding carboxylic acids is 1. The van der Waals surface area contributed by atoms with Crippen LogP contribution in [0, 0.1) is 0 Å².